The van der Waals surface area contributed by atoms with E-state index in [2.05, 4.69) is 4.98 Å². The zero-order chi connectivity index (χ0) is 24.4. The Morgan fingerprint density at radius 3 is 2.41 bits per heavy atom. The van der Waals surface area contributed by atoms with Crippen molar-refractivity contribution in [1.82, 2.24) is 9.88 Å². The van der Waals surface area contributed by atoms with Gasteiger partial charge in [0.15, 0.2) is 0 Å². The number of methoxy groups -OCH3 is 2. The summed E-state index contributed by atoms with van der Waals surface area (Å²) in [6, 6.07) is 13.6. The molecule has 0 aliphatic carbocycles. The van der Waals surface area contributed by atoms with Crippen molar-refractivity contribution >= 4 is 17.4 Å². The van der Waals surface area contributed by atoms with E-state index in [1.807, 2.05) is 32.0 Å². The van der Waals surface area contributed by atoms with Crippen molar-refractivity contribution in [2.45, 2.75) is 26.4 Å². The fraction of sp³-hybridized carbons (Fsp3) is 0.222. The molecule has 7 heteroatoms. The van der Waals surface area contributed by atoms with Gasteiger partial charge in [0.1, 0.15) is 17.3 Å². The number of pyridine rings is 1. The maximum atomic E-state index is 13.3. The zero-order valence-corrected chi connectivity index (χ0v) is 19.5. The van der Waals surface area contributed by atoms with Crippen LogP contribution in [0.3, 0.4) is 0 Å². The van der Waals surface area contributed by atoms with Gasteiger partial charge in [-0.2, -0.15) is 0 Å². The minimum absolute atomic E-state index is 0.0283. The van der Waals surface area contributed by atoms with E-state index in [1.54, 1.807) is 56.9 Å². The number of hydrogen-bond donors (Lipinski definition) is 1. The second-order valence-electron chi connectivity index (χ2n) is 8.16. The molecule has 2 aromatic carbocycles. The normalized spacial score (nSPS) is 17.2. The van der Waals surface area contributed by atoms with E-state index < -0.39 is 17.7 Å². The van der Waals surface area contributed by atoms with Gasteiger partial charge < -0.3 is 19.5 Å². The molecule has 1 saturated heterocycles. The maximum absolute atomic E-state index is 13.3. The van der Waals surface area contributed by atoms with E-state index in [9.17, 15) is 14.7 Å². The van der Waals surface area contributed by atoms with Crippen LogP contribution in [0.15, 0.2) is 66.5 Å². The number of ketones is 1. The van der Waals surface area contributed by atoms with Gasteiger partial charge in [0, 0.05) is 23.5 Å². The van der Waals surface area contributed by atoms with Crippen LogP contribution in [0, 0.1) is 13.8 Å². The lowest BCUT2D eigenvalue weighted by Gasteiger charge is -2.26. The van der Waals surface area contributed by atoms with Gasteiger partial charge >= 0.3 is 0 Å². The van der Waals surface area contributed by atoms with Crippen molar-refractivity contribution in [3.63, 3.8) is 0 Å². The quantitative estimate of drug-likeness (QED) is 0.336. The number of para-hydroxylation sites is 1. The van der Waals surface area contributed by atoms with Crippen LogP contribution < -0.4 is 9.47 Å². The monoisotopic (exact) mass is 458 g/mol. The van der Waals surface area contributed by atoms with Crippen LogP contribution in [0.25, 0.3) is 5.76 Å². The number of benzene rings is 2. The highest BCUT2D eigenvalue weighted by atomic mass is 16.5. The Labute approximate surface area is 198 Å². The van der Waals surface area contributed by atoms with E-state index >= 15 is 0 Å². The first-order valence-electron chi connectivity index (χ1n) is 10.8. The Hall–Kier alpha value is -4.13. The molecule has 1 aliphatic heterocycles. The first kappa shape index (κ1) is 23.0. The van der Waals surface area contributed by atoms with Gasteiger partial charge in [0.2, 0.25) is 0 Å². The van der Waals surface area contributed by atoms with Gasteiger partial charge in [-0.05, 0) is 54.8 Å². The van der Waals surface area contributed by atoms with Crippen LogP contribution in [0.1, 0.15) is 33.9 Å². The fourth-order valence-electron chi connectivity index (χ4n) is 4.35. The second kappa shape index (κ2) is 9.39. The average Bonchev–Trinajstić information content (AvgIpc) is 3.10. The van der Waals surface area contributed by atoms with Crippen molar-refractivity contribution in [2.75, 3.05) is 14.2 Å². The standard InChI is InChI=1S/C27H26N2O5/c1-16-13-22(34-4)17(2)12-20(16)25(30)23-24(18-9-7-11-28-14-18)29(27(32)26(23)31)15-19-8-5-6-10-21(19)33-3/h5-14,24,30H,15H2,1-4H3/b25-23+. The molecule has 174 valence electrons. The van der Waals surface area contributed by atoms with Gasteiger partial charge in [0.25, 0.3) is 11.7 Å². The molecule has 1 aliphatic rings. The van der Waals surface area contributed by atoms with Crippen molar-refractivity contribution in [1.29, 1.82) is 0 Å². The molecule has 1 atom stereocenters. The van der Waals surface area contributed by atoms with E-state index in [1.165, 1.54) is 4.90 Å². The van der Waals surface area contributed by atoms with Gasteiger partial charge in [-0.1, -0.05) is 24.3 Å². The highest BCUT2D eigenvalue weighted by Crippen LogP contribution is 2.41. The number of carbonyl (C=O) groups is 2. The van der Waals surface area contributed by atoms with E-state index in [0.717, 1.165) is 16.7 Å². The number of carbonyl (C=O) groups excluding carboxylic acids is 2. The highest BCUT2D eigenvalue weighted by molar-refractivity contribution is 6.46. The third-order valence-electron chi connectivity index (χ3n) is 6.07. The minimum atomic E-state index is -0.805. The zero-order valence-electron chi connectivity index (χ0n) is 19.5. The number of likely N-dealkylation sites (tertiary alicyclic amines) is 1. The minimum Gasteiger partial charge on any atom is -0.507 e. The number of ether oxygens (including phenoxy) is 2. The molecule has 1 N–H and O–H groups in total. The van der Waals surface area contributed by atoms with Crippen molar-refractivity contribution in [3.8, 4) is 11.5 Å². The average molecular weight is 459 g/mol. The summed E-state index contributed by atoms with van der Waals surface area (Å²) in [4.78, 5) is 32.2. The molecule has 34 heavy (non-hydrogen) atoms. The van der Waals surface area contributed by atoms with E-state index in [0.29, 0.717) is 22.6 Å². The number of aliphatic hydroxyl groups excluding tert-OH is 1. The number of nitrogens with zero attached hydrogens (tertiary/aromatic N) is 2. The summed E-state index contributed by atoms with van der Waals surface area (Å²) in [6.07, 6.45) is 3.22. The number of aryl methyl sites for hydroxylation is 2. The summed E-state index contributed by atoms with van der Waals surface area (Å²) in [5.74, 6) is -0.373. The molecule has 2 heterocycles. The molecule has 1 fully saturated rings. The number of hydrogen-bond acceptors (Lipinski definition) is 6. The molecule has 0 spiro atoms. The predicted octanol–water partition coefficient (Wildman–Crippen LogP) is 4.34. The first-order valence-corrected chi connectivity index (χ1v) is 10.8. The Bertz CT molecular complexity index is 1280. The van der Waals surface area contributed by atoms with Crippen LogP contribution in [0.4, 0.5) is 0 Å². The summed E-state index contributed by atoms with van der Waals surface area (Å²) in [5.41, 5.74) is 3.40. The molecule has 0 radical (unpaired) electrons. The Morgan fingerprint density at radius 1 is 1.00 bits per heavy atom. The van der Waals surface area contributed by atoms with Gasteiger partial charge in [0.05, 0.1) is 32.4 Å². The van der Waals surface area contributed by atoms with E-state index in [4.69, 9.17) is 9.47 Å². The molecule has 3 aromatic rings. The molecule has 1 aromatic heterocycles. The fourth-order valence-corrected chi connectivity index (χ4v) is 4.35. The molecule has 1 unspecified atom stereocenters. The summed E-state index contributed by atoms with van der Waals surface area (Å²) in [6.45, 7) is 3.81. The number of Topliss-reactive ketones (excluding diaryl/α,β-unsaturated/α-hetero) is 1. The number of rotatable bonds is 6. The summed E-state index contributed by atoms with van der Waals surface area (Å²) >= 11 is 0. The van der Waals surface area contributed by atoms with Crippen molar-refractivity contribution in [2.24, 2.45) is 0 Å². The molecular formula is C27H26N2O5. The summed E-state index contributed by atoms with van der Waals surface area (Å²) in [5, 5.41) is 11.4. The van der Waals surface area contributed by atoms with Crippen molar-refractivity contribution in [3.05, 3.63) is 94.3 Å². The lowest BCUT2D eigenvalue weighted by Crippen LogP contribution is -2.29. The summed E-state index contributed by atoms with van der Waals surface area (Å²) in [7, 11) is 3.13. The van der Waals surface area contributed by atoms with Crippen molar-refractivity contribution < 1.29 is 24.2 Å². The molecule has 0 bridgehead atoms. The van der Waals surface area contributed by atoms with Crippen LogP contribution in [-0.2, 0) is 16.1 Å². The Balaban J connectivity index is 1.89. The molecular weight excluding hydrogens is 432 g/mol. The molecule has 1 amide bonds. The van der Waals surface area contributed by atoms with Gasteiger partial charge in [-0.25, -0.2) is 0 Å². The number of aliphatic hydroxyl groups is 1. The van der Waals surface area contributed by atoms with Crippen LogP contribution in [-0.4, -0.2) is 40.9 Å². The predicted molar refractivity (Wildman–Crippen MR) is 128 cm³/mol. The largest absolute Gasteiger partial charge is 0.507 e. The second-order valence-corrected chi connectivity index (χ2v) is 8.16. The van der Waals surface area contributed by atoms with Gasteiger partial charge in [-0.15, -0.1) is 0 Å². The molecule has 4 rings (SSSR count). The number of aromatic nitrogens is 1. The number of amides is 1. The van der Waals surface area contributed by atoms with Crippen LogP contribution in [0.5, 0.6) is 11.5 Å². The van der Waals surface area contributed by atoms with Crippen LogP contribution >= 0.6 is 0 Å². The van der Waals surface area contributed by atoms with Gasteiger partial charge in [-0.3, -0.25) is 14.6 Å². The van der Waals surface area contributed by atoms with E-state index in [-0.39, 0.29) is 17.9 Å². The first-order chi connectivity index (χ1) is 16.4. The smallest absolute Gasteiger partial charge is 0.295 e. The SMILES string of the molecule is COc1cc(C)c(/C(O)=C2\C(=O)C(=O)N(Cc3ccccc3OC)C2c2cccnc2)cc1C. The lowest BCUT2D eigenvalue weighted by atomic mass is 9.93. The lowest BCUT2D eigenvalue weighted by molar-refractivity contribution is -0.140. The molecule has 0 saturated carbocycles. The topological polar surface area (TPSA) is 89.0 Å². The highest BCUT2D eigenvalue weighted by Gasteiger charge is 2.46. The maximum Gasteiger partial charge on any atom is 0.295 e. The Kier molecular flexibility index (Phi) is 6.36. The Morgan fingerprint density at radius 2 is 1.74 bits per heavy atom. The summed E-state index contributed by atoms with van der Waals surface area (Å²) < 4.78 is 10.8. The molecule has 7 nitrogen and oxygen atoms in total. The third kappa shape index (κ3) is 4.01. The third-order valence-corrected chi connectivity index (χ3v) is 6.07. The van der Waals surface area contributed by atoms with Crippen LogP contribution in [0.2, 0.25) is 0 Å².